The Morgan fingerprint density at radius 3 is 2.06 bits per heavy atom. The highest BCUT2D eigenvalue weighted by molar-refractivity contribution is 5.96. The molecule has 1 heterocycles. The number of methoxy groups -OCH3 is 1. The van der Waals surface area contributed by atoms with Gasteiger partial charge in [0.1, 0.15) is 16.8 Å². The summed E-state index contributed by atoms with van der Waals surface area (Å²) in [6.45, 7) is 11.2. The van der Waals surface area contributed by atoms with Gasteiger partial charge in [-0.2, -0.15) is 0 Å². The van der Waals surface area contributed by atoms with E-state index in [1.165, 1.54) is 17.0 Å². The summed E-state index contributed by atoms with van der Waals surface area (Å²) >= 11 is 0. The Labute approximate surface area is 199 Å². The van der Waals surface area contributed by atoms with Crippen LogP contribution in [0.15, 0.2) is 18.2 Å². The summed E-state index contributed by atoms with van der Waals surface area (Å²) in [6, 6.07) is 3.48. The normalized spacial score (nSPS) is 14.9. The average Bonchev–Trinajstić information content (AvgIpc) is 2.71. The standard InChI is InChI=1S/C23H33N3O8/c1-22(2,3)33-20(28)24-12-10-15(11-13-24)25(21(29)34-23(4,5)6)16-8-9-17(19(27)32-7)18(14-16)26(30)31/h8-9,14-15H,10-13H2,1-7H3. The number of carbonyl (C=O) groups is 3. The molecule has 0 unspecified atom stereocenters. The minimum atomic E-state index is -0.854. The van der Waals surface area contributed by atoms with Crippen molar-refractivity contribution < 1.29 is 33.5 Å². The van der Waals surface area contributed by atoms with Gasteiger partial charge in [-0.25, -0.2) is 14.4 Å². The molecule has 34 heavy (non-hydrogen) atoms. The van der Waals surface area contributed by atoms with Gasteiger partial charge >= 0.3 is 18.2 Å². The molecule has 0 N–H and O–H groups in total. The van der Waals surface area contributed by atoms with Crippen LogP contribution in [0.2, 0.25) is 0 Å². The number of nitrogens with zero attached hydrogens (tertiary/aromatic N) is 3. The molecule has 1 saturated heterocycles. The molecular weight excluding hydrogens is 446 g/mol. The fraction of sp³-hybridized carbons (Fsp3) is 0.609. The van der Waals surface area contributed by atoms with E-state index < -0.39 is 46.0 Å². The molecule has 188 valence electrons. The third kappa shape index (κ3) is 7.06. The maximum Gasteiger partial charge on any atom is 0.415 e. The highest BCUT2D eigenvalue weighted by atomic mass is 16.6. The SMILES string of the molecule is COC(=O)c1ccc(N(C(=O)OC(C)(C)C)C2CCN(C(=O)OC(C)(C)C)CC2)cc1[N+](=O)[O-]. The number of piperidine rings is 1. The van der Waals surface area contributed by atoms with E-state index in [1.807, 2.05) is 0 Å². The topological polar surface area (TPSA) is 129 Å². The van der Waals surface area contributed by atoms with Gasteiger partial charge in [-0.05, 0) is 66.5 Å². The van der Waals surface area contributed by atoms with Crippen LogP contribution >= 0.6 is 0 Å². The van der Waals surface area contributed by atoms with Crippen molar-refractivity contribution in [3.8, 4) is 0 Å². The van der Waals surface area contributed by atoms with Gasteiger partial charge in [0.05, 0.1) is 17.7 Å². The minimum absolute atomic E-state index is 0.212. The maximum absolute atomic E-state index is 13.2. The van der Waals surface area contributed by atoms with Crippen molar-refractivity contribution >= 4 is 29.5 Å². The lowest BCUT2D eigenvalue weighted by Gasteiger charge is -2.39. The van der Waals surface area contributed by atoms with E-state index in [0.29, 0.717) is 25.9 Å². The number of hydrogen-bond acceptors (Lipinski definition) is 8. The highest BCUT2D eigenvalue weighted by Gasteiger charge is 2.36. The van der Waals surface area contributed by atoms with E-state index in [2.05, 4.69) is 4.74 Å². The van der Waals surface area contributed by atoms with Gasteiger partial charge in [0.15, 0.2) is 0 Å². The molecule has 0 aliphatic carbocycles. The summed E-state index contributed by atoms with van der Waals surface area (Å²) in [7, 11) is 1.13. The Morgan fingerprint density at radius 2 is 1.59 bits per heavy atom. The summed E-state index contributed by atoms with van der Waals surface area (Å²) in [4.78, 5) is 51.4. The Balaban J connectivity index is 2.36. The summed E-state index contributed by atoms with van der Waals surface area (Å²) < 4.78 is 15.6. The second kappa shape index (κ2) is 10.3. The summed E-state index contributed by atoms with van der Waals surface area (Å²) in [5.74, 6) is -0.854. The third-order valence-electron chi connectivity index (χ3n) is 4.93. The number of hydrogen-bond donors (Lipinski definition) is 0. The van der Waals surface area contributed by atoms with Crippen molar-refractivity contribution in [1.82, 2.24) is 4.90 Å². The molecule has 11 heteroatoms. The van der Waals surface area contributed by atoms with Crippen LogP contribution in [-0.4, -0.2) is 65.4 Å². The zero-order chi connectivity index (χ0) is 25.8. The Morgan fingerprint density at radius 1 is 1.03 bits per heavy atom. The predicted molar refractivity (Wildman–Crippen MR) is 124 cm³/mol. The van der Waals surface area contributed by atoms with E-state index in [1.54, 1.807) is 46.4 Å². The van der Waals surface area contributed by atoms with Crippen molar-refractivity contribution in [2.75, 3.05) is 25.1 Å². The van der Waals surface area contributed by atoms with Crippen LogP contribution in [0.25, 0.3) is 0 Å². The summed E-state index contributed by atoms with van der Waals surface area (Å²) in [5.41, 5.74) is -1.92. The van der Waals surface area contributed by atoms with Gasteiger partial charge in [0.25, 0.3) is 5.69 Å². The van der Waals surface area contributed by atoms with Gasteiger partial charge in [-0.15, -0.1) is 0 Å². The van der Waals surface area contributed by atoms with Crippen LogP contribution in [0.4, 0.5) is 21.0 Å². The van der Waals surface area contributed by atoms with Gasteiger partial charge in [0, 0.05) is 25.2 Å². The Hall–Kier alpha value is -3.37. The van der Waals surface area contributed by atoms with Crippen molar-refractivity contribution in [2.45, 2.75) is 71.6 Å². The van der Waals surface area contributed by atoms with Crippen LogP contribution in [0.3, 0.4) is 0 Å². The number of amides is 2. The molecule has 0 bridgehead atoms. The Bertz CT molecular complexity index is 941. The predicted octanol–water partition coefficient (Wildman–Crippen LogP) is 4.52. The van der Waals surface area contributed by atoms with Gasteiger partial charge in [-0.1, -0.05) is 0 Å². The number of ether oxygens (including phenoxy) is 3. The van der Waals surface area contributed by atoms with E-state index in [9.17, 15) is 24.5 Å². The molecule has 0 radical (unpaired) electrons. The highest BCUT2D eigenvalue weighted by Crippen LogP contribution is 2.31. The molecule has 1 aliphatic rings. The molecule has 1 fully saturated rings. The average molecular weight is 480 g/mol. The van der Waals surface area contributed by atoms with Gasteiger partial charge in [0.2, 0.25) is 0 Å². The first-order valence-corrected chi connectivity index (χ1v) is 11.0. The minimum Gasteiger partial charge on any atom is -0.465 e. The second-order valence-electron chi connectivity index (χ2n) is 10.00. The lowest BCUT2D eigenvalue weighted by Crippen LogP contribution is -2.51. The molecule has 11 nitrogen and oxygen atoms in total. The molecule has 1 aromatic rings. The summed E-state index contributed by atoms with van der Waals surface area (Å²) in [5, 5.41) is 11.6. The summed E-state index contributed by atoms with van der Waals surface area (Å²) in [6.07, 6.45) is -0.299. The number of esters is 1. The van der Waals surface area contributed by atoms with E-state index in [-0.39, 0.29) is 11.3 Å². The Kier molecular flexibility index (Phi) is 8.12. The maximum atomic E-state index is 13.2. The zero-order valence-corrected chi connectivity index (χ0v) is 20.7. The molecular formula is C23H33N3O8. The third-order valence-corrected chi connectivity index (χ3v) is 4.93. The van der Waals surface area contributed by atoms with Gasteiger partial charge < -0.3 is 19.1 Å². The number of nitro benzene ring substituents is 1. The number of nitro groups is 1. The number of likely N-dealkylation sites (tertiary alicyclic amines) is 1. The van der Waals surface area contributed by atoms with Crippen LogP contribution in [-0.2, 0) is 14.2 Å². The van der Waals surface area contributed by atoms with Gasteiger partial charge in [-0.3, -0.25) is 15.0 Å². The largest absolute Gasteiger partial charge is 0.465 e. The molecule has 1 aliphatic heterocycles. The van der Waals surface area contributed by atoms with Crippen LogP contribution in [0.1, 0.15) is 64.7 Å². The molecule has 2 rings (SSSR count). The molecule has 0 spiro atoms. The fourth-order valence-corrected chi connectivity index (χ4v) is 3.51. The van der Waals surface area contributed by atoms with Crippen molar-refractivity contribution in [2.24, 2.45) is 0 Å². The van der Waals surface area contributed by atoms with Crippen LogP contribution in [0, 0.1) is 10.1 Å². The smallest absolute Gasteiger partial charge is 0.415 e. The van der Waals surface area contributed by atoms with Crippen molar-refractivity contribution in [1.29, 1.82) is 0 Å². The van der Waals surface area contributed by atoms with Crippen LogP contribution < -0.4 is 4.90 Å². The fourth-order valence-electron chi connectivity index (χ4n) is 3.51. The molecule has 0 atom stereocenters. The van der Waals surface area contributed by atoms with E-state index >= 15 is 0 Å². The molecule has 2 amide bonds. The monoisotopic (exact) mass is 479 g/mol. The number of anilines is 1. The quantitative estimate of drug-likeness (QED) is 0.267. The first-order chi connectivity index (χ1) is 15.6. The first kappa shape index (κ1) is 26.9. The van der Waals surface area contributed by atoms with E-state index in [0.717, 1.165) is 13.2 Å². The number of rotatable bonds is 4. The molecule has 0 saturated carbocycles. The number of carbonyl (C=O) groups excluding carboxylic acids is 3. The van der Waals surface area contributed by atoms with E-state index in [4.69, 9.17) is 9.47 Å². The second-order valence-corrected chi connectivity index (χ2v) is 10.00. The molecule has 1 aromatic carbocycles. The molecule has 0 aromatic heterocycles. The zero-order valence-electron chi connectivity index (χ0n) is 20.7. The lowest BCUT2D eigenvalue weighted by molar-refractivity contribution is -0.385. The van der Waals surface area contributed by atoms with Crippen molar-refractivity contribution in [3.05, 3.63) is 33.9 Å². The number of benzene rings is 1. The first-order valence-electron chi connectivity index (χ1n) is 11.0. The van der Waals surface area contributed by atoms with Crippen LogP contribution in [0.5, 0.6) is 0 Å². The lowest BCUT2D eigenvalue weighted by atomic mass is 10.0. The van der Waals surface area contributed by atoms with Crippen molar-refractivity contribution in [3.63, 3.8) is 0 Å².